The summed E-state index contributed by atoms with van der Waals surface area (Å²) in [6.07, 6.45) is 5.10. The zero-order valence-corrected chi connectivity index (χ0v) is 12.4. The second-order valence-electron chi connectivity index (χ2n) is 5.24. The predicted molar refractivity (Wildman–Crippen MR) is 84.5 cm³/mol. The van der Waals surface area contributed by atoms with Gasteiger partial charge in [-0.1, -0.05) is 12.1 Å². The Hall–Kier alpha value is -2.47. The summed E-state index contributed by atoms with van der Waals surface area (Å²) in [6, 6.07) is 7.51. The number of rotatable bonds is 3. The number of nitrogens with zero attached hydrogens (tertiary/aromatic N) is 4. The number of benzene rings is 1. The minimum absolute atomic E-state index is 0.0716. The van der Waals surface area contributed by atoms with Gasteiger partial charge in [0, 0.05) is 50.7 Å². The molecule has 2 heterocycles. The van der Waals surface area contributed by atoms with Crippen molar-refractivity contribution in [1.82, 2.24) is 14.9 Å². The zero-order chi connectivity index (χ0) is 15.4. The molecule has 1 saturated heterocycles. The zero-order valence-electron chi connectivity index (χ0n) is 12.4. The van der Waals surface area contributed by atoms with Crippen molar-refractivity contribution in [2.45, 2.75) is 6.54 Å². The Labute approximate surface area is 129 Å². The van der Waals surface area contributed by atoms with E-state index in [9.17, 15) is 4.79 Å². The first-order valence-corrected chi connectivity index (χ1v) is 7.37. The van der Waals surface area contributed by atoms with E-state index in [1.54, 1.807) is 18.6 Å². The maximum Gasteiger partial charge on any atom is 0.253 e. The van der Waals surface area contributed by atoms with Gasteiger partial charge in [0.15, 0.2) is 0 Å². The lowest BCUT2D eigenvalue weighted by Gasteiger charge is -2.35. The fourth-order valence-corrected chi connectivity index (χ4v) is 2.56. The molecule has 0 spiro atoms. The molecule has 0 atom stereocenters. The Bertz CT molecular complexity index is 621. The minimum Gasteiger partial charge on any atom is -0.352 e. The third-order valence-corrected chi connectivity index (χ3v) is 3.88. The van der Waals surface area contributed by atoms with Gasteiger partial charge in [0.25, 0.3) is 5.91 Å². The largest absolute Gasteiger partial charge is 0.352 e. The van der Waals surface area contributed by atoms with Gasteiger partial charge in [0.2, 0.25) is 0 Å². The summed E-state index contributed by atoms with van der Waals surface area (Å²) in [5.41, 5.74) is 7.32. The number of hydrogen-bond acceptors (Lipinski definition) is 5. The number of carbonyl (C=O) groups excluding carboxylic acids is 1. The van der Waals surface area contributed by atoms with Crippen LogP contribution in [-0.4, -0.2) is 47.0 Å². The lowest BCUT2D eigenvalue weighted by molar-refractivity contribution is 0.0746. The van der Waals surface area contributed by atoms with E-state index in [4.69, 9.17) is 5.73 Å². The van der Waals surface area contributed by atoms with Crippen LogP contribution in [-0.2, 0) is 6.54 Å². The monoisotopic (exact) mass is 297 g/mol. The maximum absolute atomic E-state index is 12.5. The number of anilines is 1. The van der Waals surface area contributed by atoms with Crippen LogP contribution in [0.1, 0.15) is 15.9 Å². The molecule has 6 heteroatoms. The SMILES string of the molecule is NCc1ccc(C(=O)N2CCN(c3cnccn3)CC2)cc1. The van der Waals surface area contributed by atoms with Crippen molar-refractivity contribution in [2.75, 3.05) is 31.1 Å². The highest BCUT2D eigenvalue weighted by atomic mass is 16.2. The van der Waals surface area contributed by atoms with E-state index in [0.29, 0.717) is 25.2 Å². The van der Waals surface area contributed by atoms with Gasteiger partial charge >= 0.3 is 0 Å². The van der Waals surface area contributed by atoms with E-state index >= 15 is 0 Å². The van der Waals surface area contributed by atoms with Gasteiger partial charge in [-0.25, -0.2) is 4.98 Å². The van der Waals surface area contributed by atoms with E-state index in [1.165, 1.54) is 0 Å². The van der Waals surface area contributed by atoms with Gasteiger partial charge in [-0.3, -0.25) is 9.78 Å². The molecule has 1 aliphatic rings. The molecule has 1 aliphatic heterocycles. The molecule has 0 radical (unpaired) electrons. The van der Waals surface area contributed by atoms with E-state index < -0.39 is 0 Å². The van der Waals surface area contributed by atoms with Crippen LogP contribution in [0.4, 0.5) is 5.82 Å². The van der Waals surface area contributed by atoms with Gasteiger partial charge in [0.05, 0.1) is 6.20 Å². The van der Waals surface area contributed by atoms with Crippen LogP contribution in [0.3, 0.4) is 0 Å². The summed E-state index contributed by atoms with van der Waals surface area (Å²) in [5, 5.41) is 0. The number of piperazine rings is 1. The predicted octanol–water partition coefficient (Wildman–Crippen LogP) is 0.898. The van der Waals surface area contributed by atoms with E-state index in [-0.39, 0.29) is 5.91 Å². The first-order valence-electron chi connectivity index (χ1n) is 7.37. The van der Waals surface area contributed by atoms with Crippen LogP contribution in [0.5, 0.6) is 0 Å². The fourth-order valence-electron chi connectivity index (χ4n) is 2.56. The van der Waals surface area contributed by atoms with Crippen molar-refractivity contribution in [3.63, 3.8) is 0 Å². The van der Waals surface area contributed by atoms with E-state index in [0.717, 1.165) is 24.5 Å². The molecule has 0 bridgehead atoms. The molecule has 1 amide bonds. The summed E-state index contributed by atoms with van der Waals surface area (Å²) >= 11 is 0. The van der Waals surface area contributed by atoms with Crippen LogP contribution in [0.2, 0.25) is 0 Å². The second-order valence-corrected chi connectivity index (χ2v) is 5.24. The quantitative estimate of drug-likeness (QED) is 0.911. The van der Waals surface area contributed by atoms with Crippen molar-refractivity contribution in [2.24, 2.45) is 5.73 Å². The molecule has 114 valence electrons. The van der Waals surface area contributed by atoms with Crippen molar-refractivity contribution < 1.29 is 4.79 Å². The van der Waals surface area contributed by atoms with Crippen LogP contribution >= 0.6 is 0 Å². The van der Waals surface area contributed by atoms with Crippen molar-refractivity contribution in [3.8, 4) is 0 Å². The van der Waals surface area contributed by atoms with Crippen molar-refractivity contribution in [1.29, 1.82) is 0 Å². The van der Waals surface area contributed by atoms with Crippen LogP contribution in [0.15, 0.2) is 42.9 Å². The van der Waals surface area contributed by atoms with Gasteiger partial charge < -0.3 is 15.5 Å². The lowest BCUT2D eigenvalue weighted by Crippen LogP contribution is -2.49. The molecule has 0 unspecified atom stereocenters. The number of hydrogen-bond donors (Lipinski definition) is 1. The molecule has 6 nitrogen and oxygen atoms in total. The van der Waals surface area contributed by atoms with Gasteiger partial charge in [-0.15, -0.1) is 0 Å². The fraction of sp³-hybridized carbons (Fsp3) is 0.312. The van der Waals surface area contributed by atoms with E-state index in [2.05, 4.69) is 14.9 Å². The Morgan fingerprint density at radius 1 is 1.09 bits per heavy atom. The molecular weight excluding hydrogens is 278 g/mol. The Kier molecular flexibility index (Phi) is 4.29. The molecule has 1 aromatic carbocycles. The van der Waals surface area contributed by atoms with Gasteiger partial charge in [0.1, 0.15) is 5.82 Å². The molecule has 3 rings (SSSR count). The van der Waals surface area contributed by atoms with Gasteiger partial charge in [-0.05, 0) is 17.7 Å². The second kappa shape index (κ2) is 6.53. The van der Waals surface area contributed by atoms with Crippen molar-refractivity contribution >= 4 is 11.7 Å². The van der Waals surface area contributed by atoms with E-state index in [1.807, 2.05) is 29.2 Å². The van der Waals surface area contributed by atoms with Crippen molar-refractivity contribution in [3.05, 3.63) is 54.0 Å². The highest BCUT2D eigenvalue weighted by Crippen LogP contribution is 2.14. The smallest absolute Gasteiger partial charge is 0.253 e. The summed E-state index contributed by atoms with van der Waals surface area (Å²) < 4.78 is 0. The Morgan fingerprint density at radius 2 is 1.82 bits per heavy atom. The third kappa shape index (κ3) is 3.07. The number of amides is 1. The average Bonchev–Trinajstić information content (AvgIpc) is 2.62. The molecule has 22 heavy (non-hydrogen) atoms. The van der Waals surface area contributed by atoms with Crippen LogP contribution < -0.4 is 10.6 Å². The normalized spacial score (nSPS) is 15.0. The Balaban J connectivity index is 1.62. The highest BCUT2D eigenvalue weighted by Gasteiger charge is 2.22. The summed E-state index contributed by atoms with van der Waals surface area (Å²) in [4.78, 5) is 24.9. The number of nitrogens with two attached hydrogens (primary N) is 1. The van der Waals surface area contributed by atoms with Gasteiger partial charge in [-0.2, -0.15) is 0 Å². The average molecular weight is 297 g/mol. The van der Waals surface area contributed by atoms with Crippen LogP contribution in [0, 0.1) is 0 Å². The first-order chi connectivity index (χ1) is 10.8. The molecule has 1 fully saturated rings. The third-order valence-electron chi connectivity index (χ3n) is 3.88. The summed E-state index contributed by atoms with van der Waals surface area (Å²) in [7, 11) is 0. The summed E-state index contributed by atoms with van der Waals surface area (Å²) in [6.45, 7) is 3.41. The maximum atomic E-state index is 12.5. The molecule has 0 aliphatic carbocycles. The molecule has 1 aromatic heterocycles. The molecule has 2 N–H and O–H groups in total. The highest BCUT2D eigenvalue weighted by molar-refractivity contribution is 5.94. The molecular formula is C16H19N5O. The molecule has 0 saturated carbocycles. The standard InChI is InChI=1S/C16H19N5O/c17-11-13-1-3-14(4-2-13)16(22)21-9-7-20(8-10-21)15-12-18-5-6-19-15/h1-6,12H,7-11,17H2. The molecule has 2 aromatic rings. The minimum atomic E-state index is 0.0716. The van der Waals surface area contributed by atoms with Crippen LogP contribution in [0.25, 0.3) is 0 Å². The topological polar surface area (TPSA) is 75.4 Å². The number of carbonyl (C=O) groups is 1. The Morgan fingerprint density at radius 3 is 2.41 bits per heavy atom. The number of aromatic nitrogens is 2. The first kappa shape index (κ1) is 14.5. The lowest BCUT2D eigenvalue weighted by atomic mass is 10.1. The summed E-state index contributed by atoms with van der Waals surface area (Å²) in [5.74, 6) is 0.935.